The van der Waals surface area contributed by atoms with Crippen LogP contribution in [0.5, 0.6) is 0 Å². The van der Waals surface area contributed by atoms with Gasteiger partial charge in [-0.2, -0.15) is 0 Å². The second-order valence-electron chi connectivity index (χ2n) is 7.57. The predicted molar refractivity (Wildman–Crippen MR) is 91.5 cm³/mol. The van der Waals surface area contributed by atoms with Crippen molar-refractivity contribution < 1.29 is 58.8 Å². The van der Waals surface area contributed by atoms with E-state index >= 15 is 0 Å². The van der Waals surface area contributed by atoms with E-state index in [0.29, 0.717) is 3.63 Å². The summed E-state index contributed by atoms with van der Waals surface area (Å²) in [5, 5.41) is 6.38. The number of allylic oxidation sites excluding steroid dienone is 1. The van der Waals surface area contributed by atoms with E-state index in [-0.39, 0.29) is 37.3 Å². The Balaban J connectivity index is 0.00000144. The molecule has 1 heterocycles. The second-order valence-corrected chi connectivity index (χ2v) is 17.8. The first-order valence-corrected chi connectivity index (χ1v) is 15.5. The van der Waals surface area contributed by atoms with Crippen LogP contribution >= 0.6 is 0 Å². The van der Waals surface area contributed by atoms with Crippen LogP contribution in [0, 0.1) is 0 Å². The minimum atomic E-state index is -1.66. The van der Waals surface area contributed by atoms with E-state index in [1.807, 2.05) is 6.07 Å². The van der Waals surface area contributed by atoms with Crippen LogP contribution in [0.25, 0.3) is 5.20 Å². The van der Waals surface area contributed by atoms with E-state index in [1.54, 1.807) is 35.1 Å². The SMILES string of the molecule is C[Si](C)(C)OCC(=O)Nc1cccc2c1C1=C([CH]2[Zr+2])[Si]1(C)C.[Cl-].[Cl-]. The largest absolute Gasteiger partial charge is 1.00 e. The molecule has 1 amide bonds. The third-order valence-electron chi connectivity index (χ3n) is 4.36. The zero-order valence-corrected chi connectivity index (χ0v) is 20.6. The zero-order valence-electron chi connectivity index (χ0n) is 14.6. The molecule has 129 valence electrons. The van der Waals surface area contributed by atoms with Crippen molar-refractivity contribution in [3.8, 4) is 0 Å². The Morgan fingerprint density at radius 1 is 1.29 bits per heavy atom. The molecule has 0 spiro atoms. The van der Waals surface area contributed by atoms with Crippen LogP contribution in [0.1, 0.15) is 14.8 Å². The molecule has 0 fully saturated rings. The number of anilines is 1. The van der Waals surface area contributed by atoms with Crippen molar-refractivity contribution in [1.29, 1.82) is 0 Å². The minimum Gasteiger partial charge on any atom is -1.00 e. The van der Waals surface area contributed by atoms with Crippen LogP contribution in [0.15, 0.2) is 23.4 Å². The van der Waals surface area contributed by atoms with Gasteiger partial charge in [-0.25, -0.2) is 0 Å². The van der Waals surface area contributed by atoms with Gasteiger partial charge >= 0.3 is 150 Å². The number of benzene rings is 1. The summed E-state index contributed by atoms with van der Waals surface area (Å²) in [6.07, 6.45) is 0. The molecule has 3 nitrogen and oxygen atoms in total. The number of rotatable bonds is 4. The molecule has 1 aromatic rings. The zero-order chi connectivity index (χ0) is 16.3. The minimum absolute atomic E-state index is 0. The average Bonchev–Trinajstić information content (AvgIpc) is 2.80. The Bertz CT molecular complexity index is 702. The fraction of sp³-hybridized carbons (Fsp3) is 0.438. The number of hydrogen-bond donors (Lipinski definition) is 1. The molecule has 1 aromatic carbocycles. The topological polar surface area (TPSA) is 38.3 Å². The van der Waals surface area contributed by atoms with Crippen molar-refractivity contribution >= 4 is 33.2 Å². The van der Waals surface area contributed by atoms with Gasteiger partial charge in [0.05, 0.1) is 0 Å². The number of carbonyl (C=O) groups excluding carboxylic acids is 1. The Kier molecular flexibility index (Phi) is 6.97. The molecule has 1 aliphatic carbocycles. The molecule has 1 N–H and O–H groups in total. The first-order valence-electron chi connectivity index (χ1n) is 7.66. The maximum Gasteiger partial charge on any atom is -1.00 e. The van der Waals surface area contributed by atoms with Gasteiger partial charge < -0.3 is 24.8 Å². The van der Waals surface area contributed by atoms with Gasteiger partial charge in [0, 0.05) is 0 Å². The van der Waals surface area contributed by atoms with E-state index in [2.05, 4.69) is 50.2 Å². The molecular weight excluding hydrogens is 456 g/mol. The number of hydrogen-bond acceptors (Lipinski definition) is 2. The Hall–Kier alpha value is 0.287. The summed E-state index contributed by atoms with van der Waals surface area (Å²) in [5.41, 5.74) is 3.73. The van der Waals surface area contributed by atoms with Crippen molar-refractivity contribution in [2.45, 2.75) is 36.4 Å². The Morgan fingerprint density at radius 3 is 2.50 bits per heavy atom. The second kappa shape index (κ2) is 7.49. The smallest absolute Gasteiger partial charge is 1.00 e. The van der Waals surface area contributed by atoms with Crippen LogP contribution < -0.4 is 30.1 Å². The van der Waals surface area contributed by atoms with Gasteiger partial charge in [-0.3, -0.25) is 0 Å². The van der Waals surface area contributed by atoms with Gasteiger partial charge in [-0.1, -0.05) is 0 Å². The van der Waals surface area contributed by atoms with Crippen molar-refractivity contribution in [1.82, 2.24) is 0 Å². The number of fused-ring (bicyclic) bond motifs is 2. The summed E-state index contributed by atoms with van der Waals surface area (Å²) >= 11 is 1.56. The quantitative estimate of drug-likeness (QED) is 0.492. The summed E-state index contributed by atoms with van der Waals surface area (Å²) in [5.74, 6) is -0.0365. The molecule has 1 atom stereocenters. The van der Waals surface area contributed by atoms with Gasteiger partial charge in [0.1, 0.15) is 0 Å². The monoisotopic (exact) mass is 476 g/mol. The number of carbonyl (C=O) groups is 1. The molecule has 1 aliphatic heterocycles. The molecule has 2 aliphatic rings. The third kappa shape index (κ3) is 3.99. The fourth-order valence-corrected chi connectivity index (χ4v) is 11.6. The molecule has 3 rings (SSSR count). The van der Waals surface area contributed by atoms with Crippen molar-refractivity contribution in [3.63, 3.8) is 0 Å². The van der Waals surface area contributed by atoms with Gasteiger partial charge in [0.25, 0.3) is 0 Å². The summed E-state index contributed by atoms with van der Waals surface area (Å²) in [6, 6.07) is 6.32. The summed E-state index contributed by atoms with van der Waals surface area (Å²) in [4.78, 5) is 12.2. The average molecular weight is 479 g/mol. The van der Waals surface area contributed by atoms with Crippen LogP contribution in [-0.4, -0.2) is 28.9 Å². The van der Waals surface area contributed by atoms with E-state index in [4.69, 9.17) is 4.43 Å². The fourth-order valence-electron chi connectivity index (χ4n) is 3.27. The maximum atomic E-state index is 12.2. The first kappa shape index (κ1) is 22.3. The molecular formula is C16H22Cl2NO2Si2Zr. The number of halogens is 2. The van der Waals surface area contributed by atoms with E-state index < -0.39 is 16.4 Å². The number of nitrogens with one attached hydrogen (secondary N) is 1. The van der Waals surface area contributed by atoms with Gasteiger partial charge in [-0.15, -0.1) is 0 Å². The van der Waals surface area contributed by atoms with Crippen LogP contribution in [0.2, 0.25) is 32.7 Å². The molecule has 0 aromatic heterocycles. The van der Waals surface area contributed by atoms with Crippen LogP contribution in [-0.2, 0) is 33.9 Å². The maximum absolute atomic E-state index is 12.2. The molecule has 0 bridgehead atoms. The molecule has 0 radical (unpaired) electrons. The summed E-state index contributed by atoms with van der Waals surface area (Å²) < 4.78 is 6.33. The van der Waals surface area contributed by atoms with Gasteiger partial charge in [0.2, 0.25) is 0 Å². The summed E-state index contributed by atoms with van der Waals surface area (Å²) in [7, 11) is -2.93. The summed E-state index contributed by atoms with van der Waals surface area (Å²) in [6.45, 7) is 11.3. The Morgan fingerprint density at radius 2 is 1.92 bits per heavy atom. The molecule has 24 heavy (non-hydrogen) atoms. The van der Waals surface area contributed by atoms with Crippen molar-refractivity contribution in [3.05, 3.63) is 34.5 Å². The molecule has 0 saturated heterocycles. The standard InChI is InChI=1S/C16H22NO2Si2.2ClH.Zr/c1-20(2,3)19-10-14(18)17-12-8-6-7-11-9-13-16(15(11)12)21(13,4)5;;;/h6-9H,10H2,1-5H3,(H,17,18);2*1H;/q;;;+2/p-2. The van der Waals surface area contributed by atoms with Crippen LogP contribution in [0.3, 0.4) is 0 Å². The molecule has 8 heteroatoms. The van der Waals surface area contributed by atoms with E-state index in [0.717, 1.165) is 5.69 Å². The molecule has 1 unspecified atom stereocenters. The predicted octanol–water partition coefficient (Wildman–Crippen LogP) is -2.36. The first-order chi connectivity index (χ1) is 10.1. The Labute approximate surface area is 173 Å². The van der Waals surface area contributed by atoms with Crippen LogP contribution in [0.4, 0.5) is 5.69 Å². The number of amides is 1. The van der Waals surface area contributed by atoms with E-state index in [1.165, 1.54) is 11.1 Å². The van der Waals surface area contributed by atoms with Crippen molar-refractivity contribution in [2.24, 2.45) is 0 Å². The molecule has 0 saturated carbocycles. The third-order valence-corrected chi connectivity index (χ3v) is 11.0. The van der Waals surface area contributed by atoms with Crippen molar-refractivity contribution in [2.75, 3.05) is 11.9 Å². The van der Waals surface area contributed by atoms with E-state index in [9.17, 15) is 4.79 Å². The normalized spacial score (nSPS) is 19.7. The van der Waals surface area contributed by atoms with Gasteiger partial charge in [0.15, 0.2) is 0 Å². The van der Waals surface area contributed by atoms with Gasteiger partial charge in [-0.05, 0) is 0 Å².